The Hall–Kier alpha value is -4.95. The molecule has 9 atom stereocenters. The Kier molecular flexibility index (Phi) is 14.1. The smallest absolute Gasteiger partial charge is 0.310 e. The van der Waals surface area contributed by atoms with E-state index >= 15 is 4.39 Å². The molecule has 1 saturated heterocycles. The third kappa shape index (κ3) is 8.85. The fraction of sp³-hybridized carbons (Fsp3) is 0.434. The molecule has 4 aromatic rings. The number of hydrogen-bond donors (Lipinski definition) is 4. The Morgan fingerprint density at radius 1 is 0.910 bits per heavy atom. The Morgan fingerprint density at radius 3 is 2.21 bits per heavy atom. The first-order valence-electron chi connectivity index (χ1n) is 22.4. The number of aliphatic hydroxyl groups excluding tert-OH is 2. The maximum atomic E-state index is 17.1. The van der Waals surface area contributed by atoms with Gasteiger partial charge in [0.1, 0.15) is 12.4 Å². The molecule has 0 aromatic heterocycles. The van der Waals surface area contributed by atoms with Gasteiger partial charge in [0.25, 0.3) is 0 Å². The molecular formula is C53H57Cl2FO11. The van der Waals surface area contributed by atoms with Crippen molar-refractivity contribution in [1.29, 1.82) is 0 Å². The van der Waals surface area contributed by atoms with Gasteiger partial charge in [-0.05, 0) is 129 Å². The zero-order chi connectivity index (χ0) is 48.9. The van der Waals surface area contributed by atoms with Crippen molar-refractivity contribution >= 4 is 57.5 Å². The molecule has 1 aliphatic heterocycles. The minimum Gasteiger partial charge on any atom is -0.497 e. The first kappa shape index (κ1) is 49.9. The molecule has 5 aliphatic rings. The number of methoxy groups -OCH3 is 1. The zero-order valence-electron chi connectivity index (χ0n) is 38.4. The lowest BCUT2D eigenvalue weighted by Crippen LogP contribution is -2.70. The molecular weight excluding hydrogens is 902 g/mol. The lowest BCUT2D eigenvalue weighted by atomic mass is 9.44. The second kappa shape index (κ2) is 18.9. The molecule has 3 saturated carbocycles. The van der Waals surface area contributed by atoms with E-state index in [2.05, 4.69) is 0 Å². The average Bonchev–Trinajstić information content (AvgIpc) is 3.70. The second-order valence-corrected chi connectivity index (χ2v) is 20.0. The van der Waals surface area contributed by atoms with Gasteiger partial charge >= 0.3 is 11.9 Å². The van der Waals surface area contributed by atoms with Crippen molar-refractivity contribution in [2.75, 3.05) is 13.7 Å². The number of hydrogen-bond acceptors (Lipinski definition) is 9. The van der Waals surface area contributed by atoms with Crippen molar-refractivity contribution in [1.82, 2.24) is 0 Å². The van der Waals surface area contributed by atoms with Crippen LogP contribution in [0.5, 0.6) is 5.75 Å². The third-order valence-electron chi connectivity index (χ3n) is 15.0. The quantitative estimate of drug-likeness (QED) is 0.126. The number of carbonyl (C=O) groups is 4. The Labute approximate surface area is 399 Å². The predicted molar refractivity (Wildman–Crippen MR) is 252 cm³/mol. The van der Waals surface area contributed by atoms with Gasteiger partial charge in [-0.3, -0.25) is 19.2 Å². The zero-order valence-corrected chi connectivity index (χ0v) is 39.9. The minimum absolute atomic E-state index is 0.00174. The van der Waals surface area contributed by atoms with Crippen molar-refractivity contribution < 1.29 is 58.2 Å². The first-order chi connectivity index (χ1) is 31.5. The molecule has 4 aliphatic carbocycles. The third-order valence-corrected chi connectivity index (χ3v) is 15.7. The highest BCUT2D eigenvalue weighted by atomic mass is 35.5. The van der Waals surface area contributed by atoms with Gasteiger partial charge in [-0.1, -0.05) is 96.4 Å². The van der Waals surface area contributed by atoms with Gasteiger partial charge in [0.05, 0.1) is 31.7 Å². The molecule has 0 bridgehead atoms. The van der Waals surface area contributed by atoms with E-state index in [1.165, 1.54) is 12.2 Å². The van der Waals surface area contributed by atoms with Crippen molar-refractivity contribution in [2.45, 2.75) is 108 Å². The Morgan fingerprint density at radius 2 is 1.57 bits per heavy atom. The maximum absolute atomic E-state index is 17.1. The molecule has 0 amide bonds. The highest BCUT2D eigenvalue weighted by Crippen LogP contribution is 2.72. The Balaban J connectivity index is 0.000000160. The molecule has 11 nitrogen and oxygen atoms in total. The summed E-state index contributed by atoms with van der Waals surface area (Å²) in [7, 11) is 1.63. The summed E-state index contributed by atoms with van der Waals surface area (Å²) in [6.07, 6.45) is 4.53. The molecule has 0 radical (unpaired) electrons. The molecule has 14 heteroatoms. The van der Waals surface area contributed by atoms with Crippen LogP contribution in [-0.2, 0) is 41.5 Å². The van der Waals surface area contributed by atoms with Gasteiger partial charge < -0.3 is 34.6 Å². The number of alkyl halides is 1. The summed E-state index contributed by atoms with van der Waals surface area (Å²) < 4.78 is 34.7. The normalized spacial score (nSPS) is 30.2. The van der Waals surface area contributed by atoms with Crippen LogP contribution in [0.3, 0.4) is 0 Å². The number of aliphatic hydroxyl groups is 2. The van der Waals surface area contributed by atoms with Crippen LogP contribution in [0.4, 0.5) is 4.39 Å². The van der Waals surface area contributed by atoms with E-state index in [-0.39, 0.29) is 24.5 Å². The number of allylic oxidation sites excluding steroid dienone is 4. The van der Waals surface area contributed by atoms with Gasteiger partial charge in [-0.15, -0.1) is 0 Å². The number of carboxylic acids is 2. The second-order valence-electron chi connectivity index (χ2n) is 19.2. The summed E-state index contributed by atoms with van der Waals surface area (Å²) in [5.74, 6) is -3.80. The fourth-order valence-corrected chi connectivity index (χ4v) is 12.2. The molecule has 9 rings (SSSR count). The van der Waals surface area contributed by atoms with E-state index in [1.54, 1.807) is 59.1 Å². The molecule has 4 N–H and O–H groups in total. The number of fused-ring (bicyclic) bond motifs is 8. The molecule has 4 unspecified atom stereocenters. The summed E-state index contributed by atoms with van der Waals surface area (Å²) in [5.41, 5.74) is -1.31. The monoisotopic (exact) mass is 958 g/mol. The number of ketones is 2. The molecule has 4 aromatic carbocycles. The number of carboxylic acid groups (broad SMARTS) is 2. The standard InChI is InChI=1S/C24H31FO6.C15H12Cl2O2.C14H14O3/c1-20(2)30-19-10-16-15-6-5-13-9-14(27)7-8-21(13,3)23(15,25)17(28)11-22(16,4)24(19,31-20)18(29)12-26;16-13-6-3-7-14(17)12(13)8-10-4-1-2-5-11(10)9-15(18)19;1-9(14(15)16)10-3-4-12-8-13(17-2)6-5-11(12)7-10/h7-9,15-17,19,26,28H,5-6,10-12H2,1-4H3;1-7H,8-9H2,(H,18,19);3-9H,1-2H3,(H,15,16)/t15?,16?,17-,19?,21-,22-,23-,24?;;9-/m0.0/s1. The average molecular weight is 960 g/mol. The van der Waals surface area contributed by atoms with E-state index in [0.717, 1.165) is 44.3 Å². The Bertz CT molecular complexity index is 2640. The number of Topliss-reactive ketones (excluding diaryl/α,β-unsaturated/α-hetero) is 1. The molecule has 4 fully saturated rings. The van der Waals surface area contributed by atoms with E-state index in [0.29, 0.717) is 35.7 Å². The van der Waals surface area contributed by atoms with E-state index < -0.39 is 76.3 Å². The minimum atomic E-state index is -1.98. The SMILES string of the molecule is CC1(C)OC2CC3C4CCC5=CC(=O)C=C[C@]5(C)[C@@]4(F)[C@@H](O)C[C@]3(C)C2(C(=O)CO)O1.COc1ccc2cc([C@H](C)C(=O)O)ccc2c1.O=C(O)Cc1ccccc1Cc1c(Cl)cccc1Cl. The van der Waals surface area contributed by atoms with Crippen LogP contribution >= 0.6 is 23.2 Å². The van der Waals surface area contributed by atoms with Crippen LogP contribution < -0.4 is 4.74 Å². The molecule has 356 valence electrons. The summed E-state index contributed by atoms with van der Waals surface area (Å²) in [6, 6.07) is 24.2. The van der Waals surface area contributed by atoms with Crippen LogP contribution in [0.2, 0.25) is 10.0 Å². The van der Waals surface area contributed by atoms with Crippen LogP contribution in [0.25, 0.3) is 10.8 Å². The van der Waals surface area contributed by atoms with Gasteiger partial charge in [-0.25, -0.2) is 4.39 Å². The van der Waals surface area contributed by atoms with Crippen LogP contribution in [0.15, 0.2) is 103 Å². The van der Waals surface area contributed by atoms with Crippen LogP contribution in [-0.4, -0.2) is 86.9 Å². The lowest BCUT2D eigenvalue weighted by molar-refractivity contribution is -0.246. The van der Waals surface area contributed by atoms with Gasteiger partial charge in [0, 0.05) is 33.2 Å². The maximum Gasteiger partial charge on any atom is 0.310 e. The fourth-order valence-electron chi connectivity index (χ4n) is 11.7. The van der Waals surface area contributed by atoms with E-state index in [9.17, 15) is 29.4 Å². The summed E-state index contributed by atoms with van der Waals surface area (Å²) in [5, 5.41) is 42.3. The summed E-state index contributed by atoms with van der Waals surface area (Å²) in [6.45, 7) is 8.10. The van der Waals surface area contributed by atoms with Crippen molar-refractivity contribution in [3.05, 3.63) is 135 Å². The summed E-state index contributed by atoms with van der Waals surface area (Å²) in [4.78, 5) is 46.9. The predicted octanol–water partition coefficient (Wildman–Crippen LogP) is 9.67. The van der Waals surface area contributed by atoms with E-state index in [4.69, 9.17) is 47.6 Å². The van der Waals surface area contributed by atoms with Crippen molar-refractivity contribution in [2.24, 2.45) is 22.7 Å². The first-order valence-corrected chi connectivity index (χ1v) is 23.2. The number of benzene rings is 4. The summed E-state index contributed by atoms with van der Waals surface area (Å²) >= 11 is 12.3. The largest absolute Gasteiger partial charge is 0.497 e. The lowest BCUT2D eigenvalue weighted by Gasteiger charge is -2.62. The van der Waals surface area contributed by atoms with Crippen molar-refractivity contribution in [3.8, 4) is 5.75 Å². The molecule has 67 heavy (non-hydrogen) atoms. The van der Waals surface area contributed by atoms with Gasteiger partial charge in [0.15, 0.2) is 28.6 Å². The van der Waals surface area contributed by atoms with Crippen LogP contribution in [0.1, 0.15) is 88.5 Å². The number of rotatable bonds is 9. The highest BCUT2D eigenvalue weighted by Gasteiger charge is 2.80. The molecule has 1 heterocycles. The van der Waals surface area contributed by atoms with Crippen molar-refractivity contribution in [3.63, 3.8) is 0 Å². The van der Waals surface area contributed by atoms with Crippen LogP contribution in [0, 0.1) is 22.7 Å². The number of halogens is 3. The van der Waals surface area contributed by atoms with Gasteiger partial charge in [0.2, 0.25) is 0 Å². The van der Waals surface area contributed by atoms with E-state index in [1.807, 2.05) is 67.6 Å². The number of aliphatic carboxylic acids is 2. The molecule has 0 spiro atoms. The number of carbonyl (C=O) groups excluding carboxylic acids is 2. The highest BCUT2D eigenvalue weighted by molar-refractivity contribution is 6.36. The topological polar surface area (TPSA) is 177 Å². The number of ether oxygens (including phenoxy) is 3. The van der Waals surface area contributed by atoms with Gasteiger partial charge in [-0.2, -0.15) is 0 Å².